The van der Waals surface area contributed by atoms with E-state index >= 15 is 0 Å². The molecular weight excluding hydrogens is 667 g/mol. The Kier molecular flexibility index (Phi) is 7.58. The van der Waals surface area contributed by atoms with E-state index in [1.54, 1.807) is 0 Å². The third kappa shape index (κ3) is 5.11. The first-order valence-corrected chi connectivity index (χ1v) is 18.4. The van der Waals surface area contributed by atoms with Crippen LogP contribution in [0.2, 0.25) is 0 Å². The number of para-hydroxylation sites is 2. The molecule has 3 heteroatoms. The number of benzene rings is 9. The Morgan fingerprint density at radius 2 is 0.873 bits per heavy atom. The fourth-order valence-electron chi connectivity index (χ4n) is 8.54. The van der Waals surface area contributed by atoms with Gasteiger partial charge in [0.1, 0.15) is 6.07 Å². The van der Waals surface area contributed by atoms with Crippen LogP contribution in [-0.4, -0.2) is 4.57 Å². The van der Waals surface area contributed by atoms with Crippen LogP contribution in [0, 0.1) is 22.7 Å². The minimum Gasteiger partial charge on any atom is -0.307 e. The molecule has 55 heavy (non-hydrogen) atoms. The van der Waals surface area contributed by atoms with Crippen molar-refractivity contribution in [2.75, 3.05) is 0 Å². The minimum absolute atomic E-state index is 0.574. The summed E-state index contributed by atoms with van der Waals surface area (Å²) in [5.74, 6) is 0. The van der Waals surface area contributed by atoms with E-state index < -0.39 is 0 Å². The molecule has 0 N–H and O–H groups in total. The van der Waals surface area contributed by atoms with Gasteiger partial charge < -0.3 is 4.57 Å². The zero-order chi connectivity index (χ0) is 36.9. The number of nitrogens with zero attached hydrogens (tertiary/aromatic N) is 3. The summed E-state index contributed by atoms with van der Waals surface area (Å²) < 4.78 is 2.19. The van der Waals surface area contributed by atoms with E-state index in [0.29, 0.717) is 11.1 Å². The van der Waals surface area contributed by atoms with Gasteiger partial charge in [-0.2, -0.15) is 10.5 Å². The summed E-state index contributed by atoms with van der Waals surface area (Å²) in [7, 11) is 0. The molecule has 10 rings (SSSR count). The average molecular weight is 698 g/mol. The van der Waals surface area contributed by atoms with Gasteiger partial charge in [0.15, 0.2) is 0 Å². The number of fused-ring (bicyclic) bond motifs is 5. The van der Waals surface area contributed by atoms with Gasteiger partial charge in [0, 0.05) is 16.3 Å². The van der Waals surface area contributed by atoms with Crippen molar-refractivity contribution in [2.24, 2.45) is 0 Å². The molecule has 0 radical (unpaired) electrons. The van der Waals surface area contributed by atoms with E-state index in [-0.39, 0.29) is 0 Å². The quantitative estimate of drug-likeness (QED) is 0.168. The summed E-state index contributed by atoms with van der Waals surface area (Å²) in [6, 6.07) is 70.4. The Labute approximate surface area is 318 Å². The van der Waals surface area contributed by atoms with Crippen molar-refractivity contribution in [3.05, 3.63) is 199 Å². The normalized spacial score (nSPS) is 11.2. The molecule has 0 saturated carbocycles. The number of rotatable bonds is 5. The molecule has 0 spiro atoms. The maximum atomic E-state index is 10.6. The highest BCUT2D eigenvalue weighted by Gasteiger charge is 2.22. The Morgan fingerprint density at radius 3 is 1.56 bits per heavy atom. The zero-order valence-corrected chi connectivity index (χ0v) is 29.7. The lowest BCUT2D eigenvalue weighted by molar-refractivity contribution is 1.17. The lowest BCUT2D eigenvalue weighted by atomic mass is 9.85. The number of aromatic nitrogens is 1. The molecule has 9 aromatic carbocycles. The van der Waals surface area contributed by atoms with Gasteiger partial charge in [-0.1, -0.05) is 152 Å². The van der Waals surface area contributed by atoms with Crippen LogP contribution in [0.5, 0.6) is 0 Å². The Balaban J connectivity index is 1.21. The molecule has 0 atom stereocenters. The molecule has 0 aliphatic rings. The summed E-state index contributed by atoms with van der Waals surface area (Å²) in [5.41, 5.74) is 12.9. The van der Waals surface area contributed by atoms with Crippen LogP contribution in [0.1, 0.15) is 11.1 Å². The molecule has 0 aliphatic carbocycles. The van der Waals surface area contributed by atoms with Crippen LogP contribution < -0.4 is 0 Å². The molecular formula is C52H31N3. The van der Waals surface area contributed by atoms with Crippen molar-refractivity contribution < 1.29 is 0 Å². The Hall–Kier alpha value is -7.72. The second-order valence-electron chi connectivity index (χ2n) is 13.8. The van der Waals surface area contributed by atoms with E-state index in [2.05, 4.69) is 162 Å². The highest BCUT2D eigenvalue weighted by molar-refractivity contribution is 6.21. The maximum absolute atomic E-state index is 10.6. The Morgan fingerprint density at radius 1 is 0.345 bits per heavy atom. The first-order valence-electron chi connectivity index (χ1n) is 18.4. The zero-order valence-electron chi connectivity index (χ0n) is 29.7. The lowest BCUT2D eigenvalue weighted by Gasteiger charge is -2.19. The van der Waals surface area contributed by atoms with Crippen molar-refractivity contribution in [3.63, 3.8) is 0 Å². The van der Waals surface area contributed by atoms with Crippen LogP contribution in [0.25, 0.3) is 93.5 Å². The third-order valence-corrected chi connectivity index (χ3v) is 10.9. The van der Waals surface area contributed by atoms with Gasteiger partial charge in [-0.05, 0) is 96.9 Å². The maximum Gasteiger partial charge on any atom is 0.101 e. The van der Waals surface area contributed by atoms with E-state index in [0.717, 1.165) is 55.3 Å². The third-order valence-electron chi connectivity index (χ3n) is 10.9. The van der Waals surface area contributed by atoms with Crippen LogP contribution in [0.3, 0.4) is 0 Å². The fourth-order valence-corrected chi connectivity index (χ4v) is 8.54. The van der Waals surface area contributed by atoms with E-state index in [4.69, 9.17) is 0 Å². The monoisotopic (exact) mass is 697 g/mol. The van der Waals surface area contributed by atoms with Crippen molar-refractivity contribution in [1.82, 2.24) is 4.57 Å². The van der Waals surface area contributed by atoms with Crippen molar-refractivity contribution in [1.29, 1.82) is 10.5 Å². The molecule has 0 unspecified atom stereocenters. The van der Waals surface area contributed by atoms with Crippen LogP contribution in [0.15, 0.2) is 188 Å². The number of hydrogen-bond acceptors (Lipinski definition) is 2. The van der Waals surface area contributed by atoms with Gasteiger partial charge in [0.2, 0.25) is 0 Å². The topological polar surface area (TPSA) is 52.5 Å². The molecule has 0 saturated heterocycles. The van der Waals surface area contributed by atoms with E-state index in [1.165, 1.54) is 38.2 Å². The highest BCUT2D eigenvalue weighted by Crippen LogP contribution is 2.46. The van der Waals surface area contributed by atoms with E-state index in [1.807, 2.05) is 42.5 Å². The van der Waals surface area contributed by atoms with Gasteiger partial charge in [-0.15, -0.1) is 0 Å². The summed E-state index contributed by atoms with van der Waals surface area (Å²) >= 11 is 0. The number of nitriles is 2. The summed E-state index contributed by atoms with van der Waals surface area (Å²) in [6.45, 7) is 0. The molecule has 1 heterocycles. The lowest BCUT2D eigenvalue weighted by Crippen LogP contribution is -2.01. The van der Waals surface area contributed by atoms with Crippen LogP contribution >= 0.6 is 0 Å². The average Bonchev–Trinajstić information content (AvgIpc) is 3.58. The van der Waals surface area contributed by atoms with Crippen molar-refractivity contribution in [2.45, 2.75) is 0 Å². The smallest absolute Gasteiger partial charge is 0.101 e. The number of hydrogen-bond donors (Lipinski definition) is 0. The molecule has 0 amide bonds. The summed E-state index contributed by atoms with van der Waals surface area (Å²) in [5, 5.41) is 27.3. The molecule has 0 fully saturated rings. The SMILES string of the molecule is N#Cc1ccc2c(c1)c1ccccc1n2-c1c(C#N)cccc1-c1ccccc1-c1cccc(-c2c3ccccc3c(-c3ccccc3)c3ccccc23)c1. The van der Waals surface area contributed by atoms with Crippen molar-refractivity contribution in [3.8, 4) is 62.3 Å². The molecule has 0 bridgehead atoms. The largest absolute Gasteiger partial charge is 0.307 e. The summed E-state index contributed by atoms with van der Waals surface area (Å²) in [4.78, 5) is 0. The molecule has 0 aliphatic heterocycles. The first-order chi connectivity index (χ1) is 27.2. The second-order valence-corrected chi connectivity index (χ2v) is 13.8. The molecule has 10 aromatic rings. The first kappa shape index (κ1) is 32.0. The minimum atomic E-state index is 0.574. The standard InChI is InChI=1S/C52H31N3/c53-32-34-28-29-49-47(30-34)41-21-10-11-27-48(41)55(49)52-38(33-54)18-13-26-46(52)40-20-5-4-19-39(40)36-16-12-17-37(31-36)51-44-24-8-6-22-42(44)50(35-14-2-1-3-15-35)43-23-7-9-25-45(43)51/h1-31H. The fraction of sp³-hybridized carbons (Fsp3) is 0. The Bertz CT molecular complexity index is 3170. The van der Waals surface area contributed by atoms with Crippen LogP contribution in [-0.2, 0) is 0 Å². The molecule has 3 nitrogen and oxygen atoms in total. The predicted octanol–water partition coefficient (Wildman–Crippen LogP) is 13.5. The van der Waals surface area contributed by atoms with Gasteiger partial charge in [0.05, 0.1) is 33.9 Å². The van der Waals surface area contributed by atoms with Gasteiger partial charge in [-0.3, -0.25) is 0 Å². The van der Waals surface area contributed by atoms with Gasteiger partial charge in [0.25, 0.3) is 0 Å². The van der Waals surface area contributed by atoms with E-state index in [9.17, 15) is 10.5 Å². The van der Waals surface area contributed by atoms with Gasteiger partial charge in [-0.25, -0.2) is 0 Å². The predicted molar refractivity (Wildman–Crippen MR) is 227 cm³/mol. The van der Waals surface area contributed by atoms with Crippen LogP contribution in [0.4, 0.5) is 0 Å². The second kappa shape index (κ2) is 13.0. The summed E-state index contributed by atoms with van der Waals surface area (Å²) in [6.07, 6.45) is 0. The van der Waals surface area contributed by atoms with Gasteiger partial charge >= 0.3 is 0 Å². The highest BCUT2D eigenvalue weighted by atomic mass is 15.0. The molecule has 254 valence electrons. The molecule has 1 aromatic heterocycles. The van der Waals surface area contributed by atoms with Crippen molar-refractivity contribution >= 4 is 43.4 Å².